The lowest BCUT2D eigenvalue weighted by molar-refractivity contribution is -0.140. The van der Waals surface area contributed by atoms with Crippen molar-refractivity contribution in [3.8, 4) is 11.8 Å². The molecule has 0 unspecified atom stereocenters. The number of Topliss-reactive ketones (excluding diaryl/α,β-unsaturated/α-hetero) is 3. The first-order chi connectivity index (χ1) is 17.1. The lowest BCUT2D eigenvalue weighted by Crippen LogP contribution is -2.48. The zero-order valence-electron chi connectivity index (χ0n) is 20.8. The third-order valence-electron chi connectivity index (χ3n) is 7.38. The van der Waals surface area contributed by atoms with Crippen molar-refractivity contribution in [3.05, 3.63) is 64.2 Å². The van der Waals surface area contributed by atoms with Gasteiger partial charge in [-0.25, -0.2) is 4.98 Å². The molecule has 7 heteroatoms. The van der Waals surface area contributed by atoms with Gasteiger partial charge < -0.3 is 4.90 Å². The largest absolute Gasteiger partial charge is 0.342 e. The number of nitrogens with zero attached hydrogens (tertiary/aromatic N) is 2. The van der Waals surface area contributed by atoms with Crippen LogP contribution in [0.15, 0.2) is 30.3 Å². The lowest BCUT2D eigenvalue weighted by atomic mass is 9.62. The lowest BCUT2D eigenvalue weighted by Gasteiger charge is -2.44. The van der Waals surface area contributed by atoms with Gasteiger partial charge in [-0.3, -0.25) is 19.2 Å². The fourth-order valence-corrected chi connectivity index (χ4v) is 5.64. The number of carbonyl (C=O) groups is 4. The van der Waals surface area contributed by atoms with Crippen LogP contribution >= 0.6 is 0 Å². The highest BCUT2D eigenvalue weighted by Crippen LogP contribution is 2.46. The van der Waals surface area contributed by atoms with Crippen LogP contribution in [0.5, 0.6) is 0 Å². The molecule has 186 valence electrons. The van der Waals surface area contributed by atoms with Crippen molar-refractivity contribution < 1.29 is 23.6 Å². The first-order valence-corrected chi connectivity index (χ1v) is 12.2. The van der Waals surface area contributed by atoms with Crippen molar-refractivity contribution in [1.82, 2.24) is 9.88 Å². The molecule has 2 heterocycles. The van der Waals surface area contributed by atoms with E-state index in [1.54, 1.807) is 11.8 Å². The number of ketones is 3. The number of carbonyl (C=O) groups excluding carboxylic acids is 4. The maximum absolute atomic E-state index is 13.3. The molecule has 1 amide bonds. The standard InChI is InChI=1S/C29H29FN2O4/c1-4-6-20-13-18(2)27(19(3)14-20)28-23(34)16-29(17-24(28)35)9-11-32(12-10-29)26(36)15-22(33)21-7-5-8-25(30)31-21/h5,7-8,13-14,28H,9-12,15-17H2,1-3H3. The van der Waals surface area contributed by atoms with E-state index in [1.165, 1.54) is 12.1 Å². The summed E-state index contributed by atoms with van der Waals surface area (Å²) in [7, 11) is 0. The summed E-state index contributed by atoms with van der Waals surface area (Å²) < 4.78 is 13.3. The normalized spacial score (nSPS) is 17.6. The molecule has 1 saturated carbocycles. The predicted molar refractivity (Wildman–Crippen MR) is 132 cm³/mol. The van der Waals surface area contributed by atoms with Gasteiger partial charge in [0.05, 0.1) is 6.42 Å². The number of halogens is 1. The van der Waals surface area contributed by atoms with E-state index in [1.807, 2.05) is 26.0 Å². The summed E-state index contributed by atoms with van der Waals surface area (Å²) in [6.45, 7) is 6.34. The summed E-state index contributed by atoms with van der Waals surface area (Å²) in [5.41, 5.74) is 2.92. The molecule has 1 aromatic heterocycles. The third kappa shape index (κ3) is 5.13. The molecule has 0 bridgehead atoms. The van der Waals surface area contributed by atoms with E-state index in [9.17, 15) is 23.6 Å². The molecule has 2 aromatic rings. The summed E-state index contributed by atoms with van der Waals surface area (Å²) in [5.74, 6) is 3.36. The molecule has 2 aliphatic rings. The predicted octanol–water partition coefficient (Wildman–Crippen LogP) is 4.11. The van der Waals surface area contributed by atoms with Gasteiger partial charge in [0.25, 0.3) is 0 Å². The zero-order chi connectivity index (χ0) is 26.0. The van der Waals surface area contributed by atoms with Crippen LogP contribution in [0.2, 0.25) is 0 Å². The molecule has 2 fully saturated rings. The fourth-order valence-electron chi connectivity index (χ4n) is 5.64. The number of aromatic nitrogens is 1. The molecule has 1 saturated heterocycles. The second-order valence-electron chi connectivity index (χ2n) is 9.94. The number of hydrogen-bond acceptors (Lipinski definition) is 5. The molecule has 36 heavy (non-hydrogen) atoms. The van der Waals surface area contributed by atoms with Gasteiger partial charge >= 0.3 is 0 Å². The van der Waals surface area contributed by atoms with Crippen molar-refractivity contribution in [2.75, 3.05) is 13.1 Å². The van der Waals surface area contributed by atoms with E-state index < -0.39 is 23.1 Å². The summed E-state index contributed by atoms with van der Waals surface area (Å²) >= 11 is 0. The Kier molecular flexibility index (Phi) is 7.16. The molecular formula is C29H29FN2O4. The number of amides is 1. The molecule has 1 spiro atoms. The molecule has 6 nitrogen and oxygen atoms in total. The SMILES string of the molecule is CC#Cc1cc(C)c(C2C(=O)CC3(CCN(C(=O)CC(=O)c4cccc(F)n4)CC3)CC2=O)c(C)c1. The first-order valence-electron chi connectivity index (χ1n) is 12.2. The molecule has 1 aliphatic carbocycles. The van der Waals surface area contributed by atoms with E-state index in [-0.39, 0.29) is 29.6 Å². The average Bonchev–Trinajstić information content (AvgIpc) is 2.81. The summed E-state index contributed by atoms with van der Waals surface area (Å²) in [5, 5.41) is 0. The Hall–Kier alpha value is -3.66. The molecule has 0 radical (unpaired) electrons. The Morgan fingerprint density at radius 2 is 1.69 bits per heavy atom. The van der Waals surface area contributed by atoms with Gasteiger partial charge in [-0.2, -0.15) is 4.39 Å². The maximum atomic E-state index is 13.3. The van der Waals surface area contributed by atoms with Gasteiger partial charge in [0.15, 0.2) is 5.78 Å². The van der Waals surface area contributed by atoms with E-state index in [0.29, 0.717) is 38.8 Å². The molecule has 0 N–H and O–H groups in total. The monoisotopic (exact) mass is 488 g/mol. The number of hydrogen-bond donors (Lipinski definition) is 0. The van der Waals surface area contributed by atoms with Crippen LogP contribution in [0.3, 0.4) is 0 Å². The van der Waals surface area contributed by atoms with Crippen molar-refractivity contribution in [2.24, 2.45) is 5.41 Å². The van der Waals surface area contributed by atoms with Gasteiger partial charge in [0, 0.05) is 31.5 Å². The quantitative estimate of drug-likeness (QED) is 0.280. The topological polar surface area (TPSA) is 84.4 Å². The van der Waals surface area contributed by atoms with Crippen molar-refractivity contribution in [1.29, 1.82) is 0 Å². The molecule has 1 aliphatic heterocycles. The van der Waals surface area contributed by atoms with E-state index in [0.717, 1.165) is 28.3 Å². The van der Waals surface area contributed by atoms with E-state index >= 15 is 0 Å². The summed E-state index contributed by atoms with van der Waals surface area (Å²) in [6.07, 6.45) is 1.26. The average molecular weight is 489 g/mol. The van der Waals surface area contributed by atoms with Crippen molar-refractivity contribution >= 4 is 23.3 Å². The van der Waals surface area contributed by atoms with E-state index in [4.69, 9.17) is 0 Å². The number of benzene rings is 1. The van der Waals surface area contributed by atoms with Crippen LogP contribution in [-0.2, 0) is 14.4 Å². The Labute approximate surface area is 210 Å². The number of aryl methyl sites for hydroxylation is 2. The highest BCUT2D eigenvalue weighted by molar-refractivity contribution is 6.11. The second kappa shape index (κ2) is 10.1. The molecule has 0 atom stereocenters. The summed E-state index contributed by atoms with van der Waals surface area (Å²) in [4.78, 5) is 56.8. The Bertz CT molecular complexity index is 1270. The smallest absolute Gasteiger partial charge is 0.230 e. The number of pyridine rings is 1. The Balaban J connectivity index is 1.41. The minimum absolute atomic E-state index is 0.0705. The molecular weight excluding hydrogens is 459 g/mol. The van der Waals surface area contributed by atoms with Gasteiger partial charge in [-0.05, 0) is 80.0 Å². The fraction of sp³-hybridized carbons (Fsp3) is 0.414. The van der Waals surface area contributed by atoms with Crippen LogP contribution in [0.1, 0.15) is 77.7 Å². The van der Waals surface area contributed by atoms with Crippen molar-refractivity contribution in [3.63, 3.8) is 0 Å². The van der Waals surface area contributed by atoms with Crippen molar-refractivity contribution in [2.45, 2.75) is 58.8 Å². The zero-order valence-corrected chi connectivity index (χ0v) is 20.8. The number of likely N-dealkylation sites (tertiary alicyclic amines) is 1. The highest BCUT2D eigenvalue weighted by Gasteiger charge is 2.47. The van der Waals surface area contributed by atoms with Crippen LogP contribution in [0, 0.1) is 37.1 Å². The number of rotatable bonds is 4. The Morgan fingerprint density at radius 1 is 1.08 bits per heavy atom. The molecule has 1 aromatic carbocycles. The number of piperidine rings is 1. The van der Waals surface area contributed by atoms with Gasteiger partial charge in [0.1, 0.15) is 23.2 Å². The second-order valence-corrected chi connectivity index (χ2v) is 9.94. The van der Waals surface area contributed by atoms with Crippen LogP contribution in [-0.4, -0.2) is 46.2 Å². The van der Waals surface area contributed by atoms with Crippen LogP contribution in [0.4, 0.5) is 4.39 Å². The van der Waals surface area contributed by atoms with E-state index in [2.05, 4.69) is 16.8 Å². The maximum Gasteiger partial charge on any atom is 0.230 e. The Morgan fingerprint density at radius 3 is 2.25 bits per heavy atom. The van der Waals surface area contributed by atoms with Crippen LogP contribution < -0.4 is 0 Å². The summed E-state index contributed by atoms with van der Waals surface area (Å²) in [6, 6.07) is 7.75. The van der Waals surface area contributed by atoms with Gasteiger partial charge in [0.2, 0.25) is 11.9 Å². The van der Waals surface area contributed by atoms with Gasteiger partial charge in [-0.15, -0.1) is 5.92 Å². The highest BCUT2D eigenvalue weighted by atomic mass is 19.1. The third-order valence-corrected chi connectivity index (χ3v) is 7.38. The first kappa shape index (κ1) is 25.4. The minimum atomic E-state index is -0.769. The van der Waals surface area contributed by atoms with Gasteiger partial charge in [-0.1, -0.05) is 12.0 Å². The minimum Gasteiger partial charge on any atom is -0.342 e. The molecule has 4 rings (SSSR count). The van der Waals surface area contributed by atoms with Crippen LogP contribution in [0.25, 0.3) is 0 Å².